The summed E-state index contributed by atoms with van der Waals surface area (Å²) in [5, 5.41) is 11.8. The molecule has 2 aromatic heterocycles. The van der Waals surface area contributed by atoms with Crippen LogP contribution in [0.5, 0.6) is 5.75 Å². The van der Waals surface area contributed by atoms with Gasteiger partial charge in [-0.1, -0.05) is 12.1 Å². The molecule has 0 spiro atoms. The number of hydrogen-bond acceptors (Lipinski definition) is 6. The Morgan fingerprint density at radius 3 is 2.60 bits per heavy atom. The number of carbonyl (C=O) groups is 1. The molecule has 0 bridgehead atoms. The van der Waals surface area contributed by atoms with Crippen molar-refractivity contribution >= 4 is 11.7 Å². The molecule has 3 aromatic rings. The van der Waals surface area contributed by atoms with Crippen LogP contribution in [0.4, 0.5) is 5.82 Å². The third-order valence-electron chi connectivity index (χ3n) is 5.42. The monoisotopic (exact) mass is 403 g/mol. The standard InChI is InChI=1S/C23H25N5O2/c1-30-20-4-2-3-17(15-20)16-25-23(29)19-9-13-28(14-10-19)22-6-5-21(26-27-22)18-7-11-24-12-8-18/h2-8,11-12,15,19H,9-10,13-14,16H2,1H3,(H,25,29). The van der Waals surface area contributed by atoms with Gasteiger partial charge in [0, 0.05) is 43.5 Å². The van der Waals surface area contributed by atoms with Gasteiger partial charge >= 0.3 is 0 Å². The third-order valence-corrected chi connectivity index (χ3v) is 5.42. The van der Waals surface area contributed by atoms with Crippen LogP contribution in [-0.4, -0.2) is 41.3 Å². The van der Waals surface area contributed by atoms with E-state index in [9.17, 15) is 4.79 Å². The maximum atomic E-state index is 12.6. The summed E-state index contributed by atoms with van der Waals surface area (Å²) in [5.74, 6) is 1.78. The molecule has 1 N–H and O–H groups in total. The molecule has 1 fully saturated rings. The average Bonchev–Trinajstić information content (AvgIpc) is 2.83. The van der Waals surface area contributed by atoms with E-state index in [-0.39, 0.29) is 11.8 Å². The number of ether oxygens (including phenoxy) is 1. The second-order valence-electron chi connectivity index (χ2n) is 7.34. The molecule has 0 aliphatic carbocycles. The van der Waals surface area contributed by atoms with Crippen LogP contribution in [0, 0.1) is 5.92 Å². The second kappa shape index (κ2) is 9.35. The lowest BCUT2D eigenvalue weighted by atomic mass is 9.96. The smallest absolute Gasteiger partial charge is 0.223 e. The van der Waals surface area contributed by atoms with Gasteiger partial charge in [-0.2, -0.15) is 0 Å². The topological polar surface area (TPSA) is 80.2 Å². The van der Waals surface area contributed by atoms with Gasteiger partial charge in [0.1, 0.15) is 5.75 Å². The maximum absolute atomic E-state index is 12.6. The van der Waals surface area contributed by atoms with Crippen molar-refractivity contribution in [1.29, 1.82) is 0 Å². The summed E-state index contributed by atoms with van der Waals surface area (Å²) in [6.07, 6.45) is 5.10. The number of anilines is 1. The number of piperidine rings is 1. The lowest BCUT2D eigenvalue weighted by molar-refractivity contribution is -0.125. The molecule has 1 aromatic carbocycles. The van der Waals surface area contributed by atoms with Crippen molar-refractivity contribution in [2.45, 2.75) is 19.4 Å². The molecule has 1 aliphatic rings. The van der Waals surface area contributed by atoms with Gasteiger partial charge < -0.3 is 15.0 Å². The van der Waals surface area contributed by atoms with E-state index in [1.54, 1.807) is 19.5 Å². The van der Waals surface area contributed by atoms with E-state index >= 15 is 0 Å². The third kappa shape index (κ3) is 4.74. The predicted molar refractivity (Wildman–Crippen MR) is 115 cm³/mol. The van der Waals surface area contributed by atoms with E-state index in [0.717, 1.165) is 54.3 Å². The highest BCUT2D eigenvalue weighted by molar-refractivity contribution is 5.79. The lowest BCUT2D eigenvalue weighted by Gasteiger charge is -2.31. The van der Waals surface area contributed by atoms with E-state index < -0.39 is 0 Å². The summed E-state index contributed by atoms with van der Waals surface area (Å²) in [6.45, 7) is 2.10. The van der Waals surface area contributed by atoms with Gasteiger partial charge in [-0.3, -0.25) is 9.78 Å². The highest BCUT2D eigenvalue weighted by atomic mass is 16.5. The SMILES string of the molecule is COc1cccc(CNC(=O)C2CCN(c3ccc(-c4ccncc4)nn3)CC2)c1. The van der Waals surface area contributed by atoms with Gasteiger partial charge in [0.05, 0.1) is 12.8 Å². The first-order valence-corrected chi connectivity index (χ1v) is 10.1. The van der Waals surface area contributed by atoms with Crippen molar-refractivity contribution in [2.75, 3.05) is 25.1 Å². The molecule has 0 unspecified atom stereocenters. The molecule has 1 aliphatic heterocycles. The van der Waals surface area contributed by atoms with Crippen LogP contribution < -0.4 is 15.0 Å². The summed E-state index contributed by atoms with van der Waals surface area (Å²) in [6, 6.07) is 15.6. The summed E-state index contributed by atoms with van der Waals surface area (Å²) < 4.78 is 5.23. The quantitative estimate of drug-likeness (QED) is 0.681. The van der Waals surface area contributed by atoms with Gasteiger partial charge in [-0.25, -0.2) is 0 Å². The van der Waals surface area contributed by atoms with Crippen molar-refractivity contribution in [1.82, 2.24) is 20.5 Å². The summed E-state index contributed by atoms with van der Waals surface area (Å²) >= 11 is 0. The van der Waals surface area contributed by atoms with Crippen molar-refractivity contribution in [2.24, 2.45) is 5.92 Å². The van der Waals surface area contributed by atoms with Crippen LogP contribution in [-0.2, 0) is 11.3 Å². The zero-order valence-electron chi connectivity index (χ0n) is 17.0. The van der Waals surface area contributed by atoms with Crippen molar-refractivity contribution in [3.63, 3.8) is 0 Å². The number of rotatable bonds is 6. The number of amides is 1. The fourth-order valence-corrected chi connectivity index (χ4v) is 3.66. The van der Waals surface area contributed by atoms with E-state index in [0.29, 0.717) is 6.54 Å². The van der Waals surface area contributed by atoms with E-state index in [1.165, 1.54) is 0 Å². The van der Waals surface area contributed by atoms with Crippen LogP contribution in [0.2, 0.25) is 0 Å². The largest absolute Gasteiger partial charge is 0.497 e. The first-order chi connectivity index (χ1) is 14.7. The first-order valence-electron chi connectivity index (χ1n) is 10.1. The molecule has 1 amide bonds. The Bertz CT molecular complexity index is 970. The summed E-state index contributed by atoms with van der Waals surface area (Å²) in [7, 11) is 1.64. The molecule has 1 saturated heterocycles. The molecule has 3 heterocycles. The zero-order chi connectivity index (χ0) is 20.8. The van der Waals surface area contributed by atoms with E-state index in [2.05, 4.69) is 25.4 Å². The minimum Gasteiger partial charge on any atom is -0.497 e. The average molecular weight is 403 g/mol. The molecule has 30 heavy (non-hydrogen) atoms. The Labute approximate surface area is 176 Å². The highest BCUT2D eigenvalue weighted by Crippen LogP contribution is 2.23. The van der Waals surface area contributed by atoms with Gasteiger partial charge in [0.15, 0.2) is 5.82 Å². The molecule has 7 heteroatoms. The molecular weight excluding hydrogens is 378 g/mol. The second-order valence-corrected chi connectivity index (χ2v) is 7.34. The number of hydrogen-bond donors (Lipinski definition) is 1. The minimum absolute atomic E-state index is 0.0240. The van der Waals surface area contributed by atoms with E-state index in [4.69, 9.17) is 4.74 Å². The molecule has 7 nitrogen and oxygen atoms in total. The first kappa shape index (κ1) is 19.8. The fourth-order valence-electron chi connectivity index (χ4n) is 3.66. The molecular formula is C23H25N5O2. The number of pyridine rings is 1. The minimum atomic E-state index is 0.0240. The number of aromatic nitrogens is 3. The van der Waals surface area contributed by atoms with Crippen LogP contribution in [0.3, 0.4) is 0 Å². The Morgan fingerprint density at radius 2 is 1.90 bits per heavy atom. The van der Waals surface area contributed by atoms with E-state index in [1.807, 2.05) is 48.5 Å². The Balaban J connectivity index is 1.28. The number of nitrogens with zero attached hydrogens (tertiary/aromatic N) is 4. The number of nitrogens with one attached hydrogen (secondary N) is 1. The number of methoxy groups -OCH3 is 1. The van der Waals surface area contributed by atoms with Gasteiger partial charge in [0.2, 0.25) is 5.91 Å². The molecule has 154 valence electrons. The molecule has 4 rings (SSSR count). The molecule has 0 atom stereocenters. The van der Waals surface area contributed by atoms with Gasteiger partial charge in [0.25, 0.3) is 0 Å². The van der Waals surface area contributed by atoms with Crippen molar-refractivity contribution in [3.8, 4) is 17.0 Å². The predicted octanol–water partition coefficient (Wildman–Crippen LogP) is 3.08. The Morgan fingerprint density at radius 1 is 1.10 bits per heavy atom. The van der Waals surface area contributed by atoms with Gasteiger partial charge in [-0.05, 0) is 54.8 Å². The molecule has 0 saturated carbocycles. The highest BCUT2D eigenvalue weighted by Gasteiger charge is 2.25. The number of benzene rings is 1. The van der Waals surface area contributed by atoms with Crippen molar-refractivity contribution < 1.29 is 9.53 Å². The zero-order valence-corrected chi connectivity index (χ0v) is 17.0. The molecule has 0 radical (unpaired) electrons. The summed E-state index contributed by atoms with van der Waals surface area (Å²) in [4.78, 5) is 18.8. The van der Waals surface area contributed by atoms with Crippen LogP contribution in [0.25, 0.3) is 11.3 Å². The Kier molecular flexibility index (Phi) is 6.17. The fraction of sp³-hybridized carbons (Fsp3) is 0.304. The van der Waals surface area contributed by atoms with Crippen LogP contribution in [0.1, 0.15) is 18.4 Å². The summed E-state index contributed by atoms with van der Waals surface area (Å²) in [5.41, 5.74) is 2.85. The number of carbonyl (C=O) groups excluding carboxylic acids is 1. The van der Waals surface area contributed by atoms with Crippen LogP contribution in [0.15, 0.2) is 60.9 Å². The normalized spacial score (nSPS) is 14.4. The maximum Gasteiger partial charge on any atom is 0.223 e. The van der Waals surface area contributed by atoms with Crippen LogP contribution >= 0.6 is 0 Å². The van der Waals surface area contributed by atoms with Crippen molar-refractivity contribution in [3.05, 3.63) is 66.5 Å². The van der Waals surface area contributed by atoms with Gasteiger partial charge in [-0.15, -0.1) is 10.2 Å². The Hall–Kier alpha value is -3.48. The lowest BCUT2D eigenvalue weighted by Crippen LogP contribution is -2.40.